The lowest BCUT2D eigenvalue weighted by atomic mass is 10.2. The van der Waals surface area contributed by atoms with Crippen molar-refractivity contribution in [1.29, 1.82) is 0 Å². The van der Waals surface area contributed by atoms with Crippen LogP contribution in [0.15, 0.2) is 29.3 Å². The number of anilines is 1. The molecule has 1 amide bonds. The third-order valence-corrected chi connectivity index (χ3v) is 4.89. The summed E-state index contributed by atoms with van der Waals surface area (Å²) in [6, 6.07) is 9.11. The van der Waals surface area contributed by atoms with Gasteiger partial charge in [0.2, 0.25) is 5.91 Å². The van der Waals surface area contributed by atoms with Crippen molar-refractivity contribution in [3.05, 3.63) is 29.8 Å². The van der Waals surface area contributed by atoms with Gasteiger partial charge in [-0.1, -0.05) is 18.2 Å². The highest BCUT2D eigenvalue weighted by atomic mass is 16.2. The van der Waals surface area contributed by atoms with Crippen molar-refractivity contribution in [2.24, 2.45) is 4.99 Å². The van der Waals surface area contributed by atoms with Gasteiger partial charge in [-0.05, 0) is 52.7 Å². The first-order valence-corrected chi connectivity index (χ1v) is 10.1. The Bertz CT molecular complexity index is 633. The molecule has 0 saturated heterocycles. The quantitative estimate of drug-likeness (QED) is 0.542. The molecule has 2 N–H and O–H groups in total. The molecule has 27 heavy (non-hydrogen) atoms. The SMILES string of the molecule is CCNC(=NCC(=O)N1CCc2ccccc21)NCCN(C(C)C)C(C)C. The van der Waals surface area contributed by atoms with Crippen LogP contribution in [0.1, 0.15) is 40.2 Å². The van der Waals surface area contributed by atoms with Crippen LogP contribution in [-0.4, -0.2) is 61.6 Å². The molecule has 0 aliphatic carbocycles. The molecule has 1 aromatic carbocycles. The summed E-state index contributed by atoms with van der Waals surface area (Å²) in [5, 5.41) is 6.58. The highest BCUT2D eigenvalue weighted by Gasteiger charge is 2.23. The zero-order chi connectivity index (χ0) is 19.8. The van der Waals surface area contributed by atoms with E-state index in [1.54, 1.807) is 0 Å². The minimum atomic E-state index is 0.0446. The zero-order valence-electron chi connectivity index (χ0n) is 17.5. The van der Waals surface area contributed by atoms with Gasteiger partial charge in [-0.25, -0.2) is 4.99 Å². The molecule has 6 nitrogen and oxygen atoms in total. The normalized spacial score (nSPS) is 14.2. The average molecular weight is 374 g/mol. The van der Waals surface area contributed by atoms with Gasteiger partial charge in [-0.3, -0.25) is 9.69 Å². The molecule has 0 fully saturated rings. The van der Waals surface area contributed by atoms with Gasteiger partial charge < -0.3 is 15.5 Å². The largest absolute Gasteiger partial charge is 0.357 e. The van der Waals surface area contributed by atoms with Gasteiger partial charge in [0, 0.05) is 44.0 Å². The van der Waals surface area contributed by atoms with Crippen LogP contribution in [0.4, 0.5) is 5.69 Å². The van der Waals surface area contributed by atoms with E-state index >= 15 is 0 Å². The number of carbonyl (C=O) groups excluding carboxylic acids is 1. The maximum Gasteiger partial charge on any atom is 0.248 e. The number of benzene rings is 1. The number of guanidine groups is 1. The summed E-state index contributed by atoms with van der Waals surface area (Å²) in [7, 11) is 0. The van der Waals surface area contributed by atoms with Crippen LogP contribution in [-0.2, 0) is 11.2 Å². The van der Waals surface area contributed by atoms with E-state index in [0.717, 1.165) is 38.3 Å². The molecule has 0 saturated carbocycles. The van der Waals surface area contributed by atoms with E-state index in [0.29, 0.717) is 18.0 Å². The fraction of sp³-hybridized carbons (Fsp3) is 0.619. The minimum Gasteiger partial charge on any atom is -0.357 e. The maximum atomic E-state index is 12.6. The molecule has 0 aromatic heterocycles. The molecule has 0 bridgehead atoms. The fourth-order valence-electron chi connectivity index (χ4n) is 3.59. The van der Waals surface area contributed by atoms with Crippen molar-refractivity contribution in [1.82, 2.24) is 15.5 Å². The van der Waals surface area contributed by atoms with Crippen LogP contribution in [0.3, 0.4) is 0 Å². The Balaban J connectivity index is 1.90. The number of nitrogens with zero attached hydrogens (tertiary/aromatic N) is 3. The maximum absolute atomic E-state index is 12.6. The topological polar surface area (TPSA) is 60.0 Å². The Morgan fingerprint density at radius 1 is 1.19 bits per heavy atom. The predicted octanol–water partition coefficient (Wildman–Crippen LogP) is 2.25. The molecular weight excluding hydrogens is 338 g/mol. The van der Waals surface area contributed by atoms with E-state index in [2.05, 4.69) is 54.3 Å². The number of rotatable bonds is 8. The first-order valence-electron chi connectivity index (χ1n) is 10.1. The van der Waals surface area contributed by atoms with Gasteiger partial charge in [0.05, 0.1) is 0 Å². The summed E-state index contributed by atoms with van der Waals surface area (Å²) < 4.78 is 0. The van der Waals surface area contributed by atoms with Gasteiger partial charge in [-0.15, -0.1) is 0 Å². The lowest BCUT2D eigenvalue weighted by Crippen LogP contribution is -2.45. The molecule has 6 heteroatoms. The van der Waals surface area contributed by atoms with Crippen molar-refractivity contribution in [2.75, 3.05) is 37.6 Å². The van der Waals surface area contributed by atoms with Crippen LogP contribution in [0.5, 0.6) is 0 Å². The Labute approximate surface area is 164 Å². The molecule has 1 aliphatic heterocycles. The van der Waals surface area contributed by atoms with E-state index in [4.69, 9.17) is 0 Å². The lowest BCUT2D eigenvalue weighted by Gasteiger charge is -2.30. The smallest absolute Gasteiger partial charge is 0.248 e. The summed E-state index contributed by atoms with van der Waals surface area (Å²) in [5.41, 5.74) is 2.27. The Hall–Kier alpha value is -2.08. The van der Waals surface area contributed by atoms with Crippen molar-refractivity contribution in [3.63, 3.8) is 0 Å². The third-order valence-electron chi connectivity index (χ3n) is 4.89. The Morgan fingerprint density at radius 3 is 2.56 bits per heavy atom. The monoisotopic (exact) mass is 373 g/mol. The zero-order valence-corrected chi connectivity index (χ0v) is 17.5. The van der Waals surface area contributed by atoms with Gasteiger partial charge in [0.15, 0.2) is 5.96 Å². The number of fused-ring (bicyclic) bond motifs is 1. The molecular formula is C21H35N5O. The lowest BCUT2D eigenvalue weighted by molar-refractivity contribution is -0.117. The van der Waals surface area contributed by atoms with Crippen molar-refractivity contribution in [2.45, 2.75) is 53.1 Å². The number of hydrogen-bond acceptors (Lipinski definition) is 3. The Morgan fingerprint density at radius 2 is 1.89 bits per heavy atom. The molecule has 0 unspecified atom stereocenters. The molecule has 0 spiro atoms. The minimum absolute atomic E-state index is 0.0446. The van der Waals surface area contributed by atoms with Crippen LogP contribution < -0.4 is 15.5 Å². The fourth-order valence-corrected chi connectivity index (χ4v) is 3.59. The molecule has 1 aliphatic rings. The number of aliphatic imine (C=N–C) groups is 1. The molecule has 2 rings (SSSR count). The van der Waals surface area contributed by atoms with Crippen molar-refractivity contribution < 1.29 is 4.79 Å². The van der Waals surface area contributed by atoms with Gasteiger partial charge in [-0.2, -0.15) is 0 Å². The molecule has 0 atom stereocenters. The summed E-state index contributed by atoms with van der Waals surface area (Å²) in [5.74, 6) is 0.744. The first-order chi connectivity index (χ1) is 12.9. The second-order valence-corrected chi connectivity index (χ2v) is 7.47. The highest BCUT2D eigenvalue weighted by Crippen LogP contribution is 2.27. The number of amides is 1. The molecule has 150 valence electrons. The number of carbonyl (C=O) groups is 1. The Kier molecular flexibility index (Phi) is 8.10. The first kappa shape index (κ1) is 21.2. The summed E-state index contributed by atoms with van der Waals surface area (Å²) in [6.45, 7) is 14.3. The number of hydrogen-bond donors (Lipinski definition) is 2. The van der Waals surface area contributed by atoms with Gasteiger partial charge >= 0.3 is 0 Å². The molecule has 0 radical (unpaired) electrons. The molecule has 1 aromatic rings. The van der Waals surface area contributed by atoms with Crippen molar-refractivity contribution >= 4 is 17.6 Å². The van der Waals surface area contributed by atoms with Gasteiger partial charge in [0.1, 0.15) is 6.54 Å². The number of para-hydroxylation sites is 1. The number of nitrogens with one attached hydrogen (secondary N) is 2. The van der Waals surface area contributed by atoms with Crippen LogP contribution in [0.25, 0.3) is 0 Å². The average Bonchev–Trinajstić information content (AvgIpc) is 3.06. The van der Waals surface area contributed by atoms with Crippen LogP contribution >= 0.6 is 0 Å². The summed E-state index contributed by atoms with van der Waals surface area (Å²) in [4.78, 5) is 21.4. The standard InChI is InChI=1S/C21H35N5O/c1-6-22-21(23-12-14-25(16(2)3)17(4)5)24-15-20(27)26-13-11-18-9-7-8-10-19(18)26/h7-10,16-17H,6,11-15H2,1-5H3,(H2,22,23,24). The predicted molar refractivity (Wildman–Crippen MR) is 113 cm³/mol. The van der Waals surface area contributed by atoms with E-state index in [1.807, 2.05) is 30.0 Å². The molecule has 1 heterocycles. The highest BCUT2D eigenvalue weighted by molar-refractivity contribution is 5.98. The summed E-state index contributed by atoms with van der Waals surface area (Å²) in [6.07, 6.45) is 0.921. The summed E-state index contributed by atoms with van der Waals surface area (Å²) >= 11 is 0. The van der Waals surface area contributed by atoms with E-state index in [9.17, 15) is 4.79 Å². The van der Waals surface area contributed by atoms with Gasteiger partial charge in [0.25, 0.3) is 0 Å². The van der Waals surface area contributed by atoms with E-state index < -0.39 is 0 Å². The van der Waals surface area contributed by atoms with E-state index in [1.165, 1.54) is 5.56 Å². The van der Waals surface area contributed by atoms with Crippen LogP contribution in [0.2, 0.25) is 0 Å². The van der Waals surface area contributed by atoms with Crippen LogP contribution in [0, 0.1) is 0 Å². The second-order valence-electron chi connectivity index (χ2n) is 7.47. The van der Waals surface area contributed by atoms with Crippen molar-refractivity contribution in [3.8, 4) is 0 Å². The second kappa shape index (κ2) is 10.3. The van der Waals surface area contributed by atoms with E-state index in [-0.39, 0.29) is 12.5 Å². The third kappa shape index (κ3) is 5.96.